The second-order valence-electron chi connectivity index (χ2n) is 9.62. The minimum atomic E-state index is -0.576. The molecule has 3 N–H and O–H groups in total. The summed E-state index contributed by atoms with van der Waals surface area (Å²) >= 11 is 0. The number of hydrogen-bond acceptors (Lipinski definition) is 3. The third kappa shape index (κ3) is 2.07. The molecule has 4 unspecified atom stereocenters. The Bertz CT molecular complexity index is 575. The number of primary amides is 1. The van der Waals surface area contributed by atoms with E-state index in [9.17, 15) is 14.7 Å². The van der Waals surface area contributed by atoms with Crippen LogP contribution < -0.4 is 5.73 Å². The van der Waals surface area contributed by atoms with Gasteiger partial charge in [0, 0.05) is 6.42 Å². The third-order valence-electron chi connectivity index (χ3n) is 8.84. The van der Waals surface area contributed by atoms with Gasteiger partial charge in [-0.3, -0.25) is 9.59 Å². The van der Waals surface area contributed by atoms with Gasteiger partial charge < -0.3 is 10.8 Å². The molecule has 0 aromatic heterocycles. The van der Waals surface area contributed by atoms with E-state index in [1.165, 1.54) is 6.42 Å². The van der Waals surface area contributed by atoms with Crippen molar-refractivity contribution in [1.82, 2.24) is 0 Å². The van der Waals surface area contributed by atoms with Gasteiger partial charge in [-0.15, -0.1) is 0 Å². The van der Waals surface area contributed by atoms with E-state index in [0.29, 0.717) is 36.5 Å². The first-order valence-corrected chi connectivity index (χ1v) is 9.77. The number of carbonyl (C=O) groups excluding carboxylic acids is 2. The number of nitrogens with two attached hydrogens (primary N) is 1. The number of hydrogen-bond donors (Lipinski definition) is 2. The fraction of sp³-hybridized carbons (Fsp3) is 0.900. The van der Waals surface area contributed by atoms with Gasteiger partial charge in [-0.25, -0.2) is 0 Å². The summed E-state index contributed by atoms with van der Waals surface area (Å²) in [6, 6.07) is 0. The van der Waals surface area contributed by atoms with Gasteiger partial charge in [0.05, 0.1) is 12.0 Å². The number of ketones is 1. The van der Waals surface area contributed by atoms with Gasteiger partial charge in [0.1, 0.15) is 5.78 Å². The Hall–Kier alpha value is -0.900. The largest absolute Gasteiger partial charge is 0.393 e. The zero-order valence-corrected chi connectivity index (χ0v) is 15.0. The Balaban J connectivity index is 1.65. The van der Waals surface area contributed by atoms with E-state index in [2.05, 4.69) is 13.8 Å². The van der Waals surface area contributed by atoms with Crippen molar-refractivity contribution < 1.29 is 14.7 Å². The third-order valence-corrected chi connectivity index (χ3v) is 8.84. The number of amides is 1. The molecule has 4 nitrogen and oxygen atoms in total. The van der Waals surface area contributed by atoms with Crippen LogP contribution in [-0.2, 0) is 9.59 Å². The second-order valence-corrected chi connectivity index (χ2v) is 9.62. The van der Waals surface area contributed by atoms with Crippen LogP contribution in [0.3, 0.4) is 0 Å². The Morgan fingerprint density at radius 1 is 1.08 bits per heavy atom. The highest BCUT2D eigenvalue weighted by Crippen LogP contribution is 2.66. The first-order valence-electron chi connectivity index (χ1n) is 9.77. The van der Waals surface area contributed by atoms with Crippen LogP contribution >= 0.6 is 0 Å². The SMILES string of the molecule is C[C@]12C[C@@H](C(N)=O)C(=O)CC1CCC1C2CC[C@@]2(C)C1CC[C@@H]2O. The average molecular weight is 333 g/mol. The van der Waals surface area contributed by atoms with E-state index in [1.54, 1.807) is 0 Å². The average Bonchev–Trinajstić information content (AvgIpc) is 2.83. The summed E-state index contributed by atoms with van der Waals surface area (Å²) in [6.07, 6.45) is 7.60. The predicted molar refractivity (Wildman–Crippen MR) is 90.8 cm³/mol. The molecule has 24 heavy (non-hydrogen) atoms. The summed E-state index contributed by atoms with van der Waals surface area (Å²) in [5, 5.41) is 10.5. The molecule has 0 spiro atoms. The molecule has 0 aliphatic heterocycles. The van der Waals surface area contributed by atoms with Crippen molar-refractivity contribution >= 4 is 11.7 Å². The van der Waals surface area contributed by atoms with Crippen LogP contribution in [0.1, 0.15) is 65.2 Å². The molecule has 4 rings (SSSR count). The van der Waals surface area contributed by atoms with Gasteiger partial charge in [-0.1, -0.05) is 13.8 Å². The minimum absolute atomic E-state index is 0.0609. The molecule has 0 aromatic carbocycles. The summed E-state index contributed by atoms with van der Waals surface area (Å²) in [5.41, 5.74) is 5.68. The van der Waals surface area contributed by atoms with Gasteiger partial charge in [0.25, 0.3) is 0 Å². The molecule has 4 aliphatic carbocycles. The summed E-state index contributed by atoms with van der Waals surface area (Å²) in [6.45, 7) is 4.61. The second kappa shape index (κ2) is 5.30. The standard InChI is InChI=1S/C20H31NO3/c1-19-8-7-15-12(14(19)5-6-17(19)23)4-3-11-9-16(22)13(18(21)24)10-20(11,15)2/h11-15,17,23H,3-10H2,1-2H3,(H2,21,24)/t11?,12?,13-,14?,15?,17+,19+,20+/m1/s1. The lowest BCUT2D eigenvalue weighted by molar-refractivity contribution is -0.154. The highest BCUT2D eigenvalue weighted by Gasteiger charge is 2.61. The van der Waals surface area contributed by atoms with Gasteiger partial charge >= 0.3 is 0 Å². The summed E-state index contributed by atoms with van der Waals surface area (Å²) in [7, 11) is 0. The van der Waals surface area contributed by atoms with Crippen LogP contribution in [0.15, 0.2) is 0 Å². The van der Waals surface area contributed by atoms with E-state index >= 15 is 0 Å². The van der Waals surface area contributed by atoms with Gasteiger partial charge in [0.15, 0.2) is 0 Å². The fourth-order valence-corrected chi connectivity index (χ4v) is 7.36. The Kier molecular flexibility index (Phi) is 3.66. The highest BCUT2D eigenvalue weighted by molar-refractivity contribution is 6.01. The van der Waals surface area contributed by atoms with E-state index in [-0.39, 0.29) is 22.7 Å². The molecule has 1 amide bonds. The van der Waals surface area contributed by atoms with Crippen LogP contribution in [0, 0.1) is 40.4 Å². The van der Waals surface area contributed by atoms with Gasteiger partial charge in [-0.2, -0.15) is 0 Å². The van der Waals surface area contributed by atoms with Crippen LogP contribution in [0.4, 0.5) is 0 Å². The smallest absolute Gasteiger partial charge is 0.228 e. The quantitative estimate of drug-likeness (QED) is 0.724. The van der Waals surface area contributed by atoms with Crippen molar-refractivity contribution in [2.24, 2.45) is 46.2 Å². The predicted octanol–water partition coefficient (Wildman–Crippen LogP) is 2.67. The summed E-state index contributed by atoms with van der Waals surface area (Å²) in [4.78, 5) is 24.1. The number of fused-ring (bicyclic) bond motifs is 5. The molecule has 4 fully saturated rings. The van der Waals surface area contributed by atoms with Crippen molar-refractivity contribution in [3.63, 3.8) is 0 Å². The maximum atomic E-state index is 12.3. The van der Waals surface area contributed by atoms with Crippen molar-refractivity contribution in [2.45, 2.75) is 71.3 Å². The molecular weight excluding hydrogens is 302 g/mol. The first-order chi connectivity index (χ1) is 11.3. The zero-order valence-electron chi connectivity index (χ0n) is 15.0. The Morgan fingerprint density at radius 2 is 1.79 bits per heavy atom. The molecule has 4 aliphatic rings. The number of aliphatic hydroxyl groups is 1. The lowest BCUT2D eigenvalue weighted by Gasteiger charge is -2.60. The molecular formula is C20H31NO3. The zero-order chi connectivity index (χ0) is 17.3. The number of carbonyl (C=O) groups is 2. The Labute approximate surface area is 144 Å². The van der Waals surface area contributed by atoms with Gasteiger partial charge in [-0.05, 0) is 79.4 Å². The number of Topliss-reactive ketones (excluding diaryl/α,β-unsaturated/α-hetero) is 1. The van der Waals surface area contributed by atoms with E-state index in [1.807, 2.05) is 0 Å². The molecule has 8 atom stereocenters. The highest BCUT2D eigenvalue weighted by atomic mass is 16.3. The summed E-state index contributed by atoms with van der Waals surface area (Å²) in [5.74, 6) is 1.30. The molecule has 4 heteroatoms. The van der Waals surface area contributed by atoms with Crippen molar-refractivity contribution in [3.8, 4) is 0 Å². The van der Waals surface area contributed by atoms with Crippen LogP contribution in [0.2, 0.25) is 0 Å². The minimum Gasteiger partial charge on any atom is -0.393 e. The molecule has 0 bridgehead atoms. The van der Waals surface area contributed by atoms with Gasteiger partial charge in [0.2, 0.25) is 5.91 Å². The molecule has 0 heterocycles. The lowest BCUT2D eigenvalue weighted by Crippen LogP contribution is -2.56. The van der Waals surface area contributed by atoms with E-state index in [4.69, 9.17) is 5.73 Å². The normalized spacial score (nSPS) is 53.9. The maximum Gasteiger partial charge on any atom is 0.228 e. The maximum absolute atomic E-state index is 12.3. The molecule has 4 saturated carbocycles. The van der Waals surface area contributed by atoms with Crippen molar-refractivity contribution in [1.29, 1.82) is 0 Å². The van der Waals surface area contributed by atoms with E-state index in [0.717, 1.165) is 32.1 Å². The summed E-state index contributed by atoms with van der Waals surface area (Å²) < 4.78 is 0. The van der Waals surface area contributed by atoms with Crippen LogP contribution in [-0.4, -0.2) is 22.9 Å². The van der Waals surface area contributed by atoms with Crippen LogP contribution in [0.25, 0.3) is 0 Å². The van der Waals surface area contributed by atoms with Crippen molar-refractivity contribution in [2.75, 3.05) is 0 Å². The number of aliphatic hydroxyl groups excluding tert-OH is 1. The topological polar surface area (TPSA) is 80.4 Å². The first kappa shape index (κ1) is 16.6. The molecule has 134 valence electrons. The molecule has 0 radical (unpaired) electrons. The monoisotopic (exact) mass is 333 g/mol. The fourth-order valence-electron chi connectivity index (χ4n) is 7.36. The number of rotatable bonds is 1. The van der Waals surface area contributed by atoms with E-state index < -0.39 is 11.8 Å². The molecule has 0 aromatic rings. The lowest BCUT2D eigenvalue weighted by atomic mass is 9.44. The van der Waals surface area contributed by atoms with Crippen LogP contribution in [0.5, 0.6) is 0 Å². The van der Waals surface area contributed by atoms with Crippen molar-refractivity contribution in [3.05, 3.63) is 0 Å². The Morgan fingerprint density at radius 3 is 2.50 bits per heavy atom. The molecule has 0 saturated heterocycles.